The molecule has 1 aromatic heterocycles. The zero-order valence-electron chi connectivity index (χ0n) is 15.4. The van der Waals surface area contributed by atoms with Gasteiger partial charge in [-0.05, 0) is 66.6 Å². The van der Waals surface area contributed by atoms with Crippen LogP contribution >= 0.6 is 0 Å². The lowest BCUT2D eigenvalue weighted by atomic mass is 10.1. The van der Waals surface area contributed by atoms with Crippen molar-refractivity contribution in [2.24, 2.45) is 0 Å². The van der Waals surface area contributed by atoms with Gasteiger partial charge in [-0.2, -0.15) is 0 Å². The van der Waals surface area contributed by atoms with Gasteiger partial charge in [-0.15, -0.1) is 13.2 Å². The van der Waals surface area contributed by atoms with Crippen molar-refractivity contribution in [2.45, 2.75) is 19.8 Å². The summed E-state index contributed by atoms with van der Waals surface area (Å²) in [5, 5.41) is 9.63. The molecule has 0 atom stereocenters. The van der Waals surface area contributed by atoms with E-state index in [0.29, 0.717) is 17.8 Å². The predicted octanol–water partition coefficient (Wildman–Crippen LogP) is 5.30. The minimum Gasteiger partial charge on any atom is -0.508 e. The van der Waals surface area contributed by atoms with Crippen molar-refractivity contribution in [3.05, 3.63) is 71.9 Å². The number of aromatic hydroxyl groups is 1. The number of alkyl halides is 3. The fourth-order valence-electron chi connectivity index (χ4n) is 2.76. The van der Waals surface area contributed by atoms with Crippen LogP contribution in [0.4, 0.5) is 18.9 Å². The summed E-state index contributed by atoms with van der Waals surface area (Å²) < 4.78 is 40.6. The molecule has 0 aliphatic carbocycles. The number of phenolic OH excluding ortho intramolecular Hbond substituents is 1. The Balaban J connectivity index is 1.68. The number of rotatable bonds is 5. The first-order valence-electron chi connectivity index (χ1n) is 8.53. The number of benzene rings is 2. The maximum absolute atomic E-state index is 12.2. The Morgan fingerprint density at radius 1 is 1.04 bits per heavy atom. The van der Waals surface area contributed by atoms with Gasteiger partial charge < -0.3 is 14.7 Å². The number of ether oxygens (including phenoxy) is 1. The van der Waals surface area contributed by atoms with E-state index in [1.807, 2.05) is 43.1 Å². The number of halogens is 3. The number of pyridine rings is 1. The van der Waals surface area contributed by atoms with E-state index >= 15 is 0 Å². The van der Waals surface area contributed by atoms with Crippen molar-refractivity contribution in [1.29, 1.82) is 0 Å². The van der Waals surface area contributed by atoms with Crippen LogP contribution in [-0.4, -0.2) is 23.5 Å². The quantitative estimate of drug-likeness (QED) is 0.644. The van der Waals surface area contributed by atoms with Crippen LogP contribution in [0.25, 0.3) is 11.3 Å². The molecule has 0 aliphatic rings. The smallest absolute Gasteiger partial charge is 0.508 e. The summed E-state index contributed by atoms with van der Waals surface area (Å²) in [5.41, 5.74) is 4.11. The highest BCUT2D eigenvalue weighted by Crippen LogP contribution is 2.26. The Morgan fingerprint density at radius 3 is 2.32 bits per heavy atom. The summed E-state index contributed by atoms with van der Waals surface area (Å²) in [6.45, 7) is 2.46. The molecule has 0 bridgehead atoms. The van der Waals surface area contributed by atoms with E-state index in [0.717, 1.165) is 16.8 Å². The summed E-state index contributed by atoms with van der Waals surface area (Å²) in [6, 6.07) is 14.8. The molecule has 0 saturated carbocycles. The largest absolute Gasteiger partial charge is 0.573 e. The highest BCUT2D eigenvalue weighted by atomic mass is 19.4. The van der Waals surface area contributed by atoms with Gasteiger partial charge in [-0.3, -0.25) is 4.98 Å². The number of phenols is 1. The SMILES string of the molecule is Cc1cc(N(C)Cc2ccc(-c3ccc(OC(F)(F)F)cc3)nc2)ccc1O. The first-order chi connectivity index (χ1) is 13.2. The minimum atomic E-state index is -4.70. The standard InChI is InChI=1S/C21H19F3N2O2/c1-14-11-17(6-10-20(14)27)26(2)13-15-3-9-19(25-12-15)16-4-7-18(8-5-16)28-21(22,23)24/h3-12,27H,13H2,1-2H3. The van der Waals surface area contributed by atoms with Crippen LogP contribution in [-0.2, 0) is 6.54 Å². The van der Waals surface area contributed by atoms with Crippen molar-refractivity contribution in [2.75, 3.05) is 11.9 Å². The van der Waals surface area contributed by atoms with Crippen LogP contribution < -0.4 is 9.64 Å². The van der Waals surface area contributed by atoms with Gasteiger partial charge in [0.25, 0.3) is 0 Å². The Hall–Kier alpha value is -3.22. The molecule has 2 aromatic carbocycles. The third-order valence-electron chi connectivity index (χ3n) is 4.25. The van der Waals surface area contributed by atoms with Gasteiger partial charge in [0.2, 0.25) is 0 Å². The molecule has 3 aromatic rings. The number of hydrogen-bond acceptors (Lipinski definition) is 4. The molecule has 7 heteroatoms. The summed E-state index contributed by atoms with van der Waals surface area (Å²) in [6.07, 6.45) is -2.97. The third-order valence-corrected chi connectivity index (χ3v) is 4.25. The third kappa shape index (κ3) is 4.94. The van der Waals surface area contributed by atoms with Gasteiger partial charge >= 0.3 is 6.36 Å². The first-order valence-corrected chi connectivity index (χ1v) is 8.53. The van der Waals surface area contributed by atoms with Crippen molar-refractivity contribution in [3.8, 4) is 22.8 Å². The maximum atomic E-state index is 12.2. The van der Waals surface area contributed by atoms with Crippen molar-refractivity contribution >= 4 is 5.69 Å². The number of nitrogens with zero attached hydrogens (tertiary/aromatic N) is 2. The molecule has 3 rings (SSSR count). The molecule has 146 valence electrons. The lowest BCUT2D eigenvalue weighted by Gasteiger charge is -2.20. The van der Waals surface area contributed by atoms with Crippen LogP contribution in [0.3, 0.4) is 0 Å². The summed E-state index contributed by atoms with van der Waals surface area (Å²) >= 11 is 0. The van der Waals surface area contributed by atoms with Crippen LogP contribution in [0.15, 0.2) is 60.8 Å². The average molecular weight is 388 g/mol. The molecular weight excluding hydrogens is 369 g/mol. The molecule has 0 saturated heterocycles. The molecule has 0 spiro atoms. The maximum Gasteiger partial charge on any atom is 0.573 e. The lowest BCUT2D eigenvalue weighted by molar-refractivity contribution is -0.274. The van der Waals surface area contributed by atoms with E-state index in [9.17, 15) is 18.3 Å². The molecule has 0 amide bonds. The monoisotopic (exact) mass is 388 g/mol. The van der Waals surface area contributed by atoms with E-state index in [-0.39, 0.29) is 11.5 Å². The number of hydrogen-bond donors (Lipinski definition) is 1. The number of anilines is 1. The van der Waals surface area contributed by atoms with Crippen molar-refractivity contribution in [3.63, 3.8) is 0 Å². The second-order valence-electron chi connectivity index (χ2n) is 6.45. The minimum absolute atomic E-state index is 0.259. The van der Waals surface area contributed by atoms with Gasteiger partial charge in [0.1, 0.15) is 11.5 Å². The van der Waals surface area contributed by atoms with E-state index in [1.165, 1.54) is 24.3 Å². The molecule has 28 heavy (non-hydrogen) atoms. The highest BCUT2D eigenvalue weighted by Gasteiger charge is 2.30. The summed E-state index contributed by atoms with van der Waals surface area (Å²) in [7, 11) is 1.94. The molecular formula is C21H19F3N2O2. The van der Waals surface area contributed by atoms with Crippen LogP contribution in [0.5, 0.6) is 11.5 Å². The van der Waals surface area contributed by atoms with Gasteiger partial charge in [0, 0.05) is 31.0 Å². The Labute approximate surface area is 160 Å². The fourth-order valence-corrected chi connectivity index (χ4v) is 2.76. The average Bonchev–Trinajstić information content (AvgIpc) is 2.64. The van der Waals surface area contributed by atoms with E-state index in [1.54, 1.807) is 12.3 Å². The highest BCUT2D eigenvalue weighted by molar-refractivity contribution is 5.60. The van der Waals surface area contributed by atoms with Gasteiger partial charge in [-0.25, -0.2) is 0 Å². The molecule has 0 radical (unpaired) electrons. The van der Waals surface area contributed by atoms with Crippen LogP contribution in [0.2, 0.25) is 0 Å². The normalized spacial score (nSPS) is 11.3. The second-order valence-corrected chi connectivity index (χ2v) is 6.45. The van der Waals surface area contributed by atoms with E-state index < -0.39 is 6.36 Å². The molecule has 1 heterocycles. The molecule has 0 unspecified atom stereocenters. The predicted molar refractivity (Wildman–Crippen MR) is 101 cm³/mol. The second kappa shape index (κ2) is 7.80. The topological polar surface area (TPSA) is 45.6 Å². The van der Waals surface area contributed by atoms with Gasteiger partial charge in [-0.1, -0.05) is 6.07 Å². The fraction of sp³-hybridized carbons (Fsp3) is 0.190. The number of aromatic nitrogens is 1. The molecule has 0 fully saturated rings. The Kier molecular flexibility index (Phi) is 5.44. The summed E-state index contributed by atoms with van der Waals surface area (Å²) in [5.74, 6) is -0.00601. The van der Waals surface area contributed by atoms with Gasteiger partial charge in [0.05, 0.1) is 5.69 Å². The zero-order chi connectivity index (χ0) is 20.3. The lowest BCUT2D eigenvalue weighted by Crippen LogP contribution is -2.17. The van der Waals surface area contributed by atoms with Gasteiger partial charge in [0.15, 0.2) is 0 Å². The molecule has 4 nitrogen and oxygen atoms in total. The summed E-state index contributed by atoms with van der Waals surface area (Å²) in [4.78, 5) is 6.44. The Bertz CT molecular complexity index is 939. The van der Waals surface area contributed by atoms with Crippen LogP contribution in [0, 0.1) is 6.92 Å². The van der Waals surface area contributed by atoms with Crippen molar-refractivity contribution < 1.29 is 23.0 Å². The van der Waals surface area contributed by atoms with Crippen molar-refractivity contribution in [1.82, 2.24) is 4.98 Å². The Morgan fingerprint density at radius 2 is 1.75 bits per heavy atom. The number of aryl methyl sites for hydroxylation is 1. The van der Waals surface area contributed by atoms with Crippen LogP contribution in [0.1, 0.15) is 11.1 Å². The first kappa shape index (κ1) is 19.5. The van der Waals surface area contributed by atoms with E-state index in [4.69, 9.17) is 0 Å². The molecule has 1 N–H and O–H groups in total. The molecule has 0 aliphatic heterocycles. The van der Waals surface area contributed by atoms with E-state index in [2.05, 4.69) is 9.72 Å². The zero-order valence-corrected chi connectivity index (χ0v) is 15.4.